The van der Waals surface area contributed by atoms with Gasteiger partial charge in [0.15, 0.2) is 5.96 Å². The van der Waals surface area contributed by atoms with Gasteiger partial charge in [-0.3, -0.25) is 19.4 Å². The molecule has 3 rings (SSSR count). The highest BCUT2D eigenvalue weighted by Gasteiger charge is 2.31. The number of ether oxygens (including phenoxy) is 1. The number of rotatable bonds is 16. The van der Waals surface area contributed by atoms with Gasteiger partial charge >= 0.3 is 6.09 Å². The van der Waals surface area contributed by atoms with E-state index in [1.165, 1.54) is 0 Å². The molecule has 0 fully saturated rings. The van der Waals surface area contributed by atoms with Gasteiger partial charge in [0.1, 0.15) is 23.7 Å². The zero-order valence-electron chi connectivity index (χ0n) is 28.5. The van der Waals surface area contributed by atoms with Gasteiger partial charge in [-0.1, -0.05) is 62.4 Å². The van der Waals surface area contributed by atoms with Crippen molar-refractivity contribution in [2.45, 2.75) is 84.0 Å². The van der Waals surface area contributed by atoms with Crippen LogP contribution in [0.5, 0.6) is 0 Å². The molecule has 13 nitrogen and oxygen atoms in total. The molecule has 3 atom stereocenters. The van der Waals surface area contributed by atoms with E-state index in [0.717, 1.165) is 22.0 Å². The summed E-state index contributed by atoms with van der Waals surface area (Å²) in [4.78, 5) is 61.2. The highest BCUT2D eigenvalue weighted by molar-refractivity contribution is 5.95. The first kappa shape index (κ1) is 37.4. The SMILES string of the molecule is CC(C)CNC(=O)[C@H](Cc1ccccc1)NC(=O)[C@H](Cc1c[nH]c2ccccc12)NC(=O)[C@H](CCCN=C(N)N)NC(=O)OC(C)(C)C. The van der Waals surface area contributed by atoms with E-state index in [4.69, 9.17) is 16.2 Å². The number of aromatic amines is 1. The number of benzene rings is 2. The molecule has 0 bridgehead atoms. The zero-order chi connectivity index (χ0) is 35.3. The molecule has 1 heterocycles. The normalized spacial score (nSPS) is 13.2. The van der Waals surface area contributed by atoms with Gasteiger partial charge in [0.05, 0.1) is 0 Å². The minimum Gasteiger partial charge on any atom is -0.444 e. The van der Waals surface area contributed by atoms with Crippen LogP contribution in [0.2, 0.25) is 0 Å². The van der Waals surface area contributed by atoms with Crippen LogP contribution in [0.1, 0.15) is 58.6 Å². The highest BCUT2D eigenvalue weighted by atomic mass is 16.6. The molecular formula is C35H50N8O5. The topological polar surface area (TPSA) is 206 Å². The number of H-pyrrole nitrogens is 1. The molecule has 0 radical (unpaired) electrons. The molecule has 13 heteroatoms. The summed E-state index contributed by atoms with van der Waals surface area (Å²) in [5, 5.41) is 12.2. The third-order valence-corrected chi connectivity index (χ3v) is 7.28. The van der Waals surface area contributed by atoms with Crippen LogP contribution in [0, 0.1) is 5.92 Å². The first-order chi connectivity index (χ1) is 22.7. The molecule has 1 aromatic heterocycles. The van der Waals surface area contributed by atoms with Crippen LogP contribution in [0.3, 0.4) is 0 Å². The molecule has 2 aromatic carbocycles. The monoisotopic (exact) mass is 662 g/mol. The van der Waals surface area contributed by atoms with Gasteiger partial charge in [0.25, 0.3) is 0 Å². The largest absolute Gasteiger partial charge is 0.444 e. The number of para-hydroxylation sites is 1. The number of nitrogens with two attached hydrogens (primary N) is 2. The van der Waals surface area contributed by atoms with Crippen molar-refractivity contribution < 1.29 is 23.9 Å². The minimum atomic E-state index is -1.10. The Labute approximate surface area is 282 Å². The van der Waals surface area contributed by atoms with Crippen molar-refractivity contribution in [1.29, 1.82) is 0 Å². The van der Waals surface area contributed by atoms with Crippen molar-refractivity contribution in [1.82, 2.24) is 26.3 Å². The molecule has 0 aliphatic carbocycles. The molecule has 4 amide bonds. The maximum absolute atomic E-state index is 14.1. The number of carbonyl (C=O) groups excluding carboxylic acids is 4. The smallest absolute Gasteiger partial charge is 0.408 e. The number of carbonyl (C=O) groups is 4. The Morgan fingerprint density at radius 3 is 2.10 bits per heavy atom. The van der Waals surface area contributed by atoms with Gasteiger partial charge in [0, 0.05) is 43.0 Å². The van der Waals surface area contributed by atoms with Crippen LogP contribution in [0.25, 0.3) is 10.9 Å². The average molecular weight is 663 g/mol. The van der Waals surface area contributed by atoms with E-state index in [2.05, 4.69) is 31.2 Å². The van der Waals surface area contributed by atoms with Gasteiger partial charge in [-0.15, -0.1) is 0 Å². The third-order valence-electron chi connectivity index (χ3n) is 7.28. The number of fused-ring (bicyclic) bond motifs is 1. The van der Waals surface area contributed by atoms with Gasteiger partial charge in [-0.25, -0.2) is 4.79 Å². The molecule has 0 saturated heterocycles. The maximum Gasteiger partial charge on any atom is 0.408 e. The fraction of sp³-hybridized carbons (Fsp3) is 0.457. The van der Waals surface area contributed by atoms with Gasteiger partial charge in [-0.05, 0) is 56.7 Å². The summed E-state index contributed by atoms with van der Waals surface area (Å²) in [6.07, 6.45) is 1.89. The Hall–Kier alpha value is -5.07. The van der Waals surface area contributed by atoms with Crippen molar-refractivity contribution in [3.8, 4) is 0 Å². The molecule has 0 unspecified atom stereocenters. The third kappa shape index (κ3) is 12.6. The van der Waals surface area contributed by atoms with Gasteiger partial charge in [-0.2, -0.15) is 0 Å². The molecule has 0 spiro atoms. The lowest BCUT2D eigenvalue weighted by atomic mass is 10.0. The maximum atomic E-state index is 14.1. The molecule has 48 heavy (non-hydrogen) atoms. The summed E-state index contributed by atoms with van der Waals surface area (Å²) >= 11 is 0. The zero-order valence-corrected chi connectivity index (χ0v) is 28.5. The lowest BCUT2D eigenvalue weighted by Crippen LogP contribution is -2.58. The predicted octanol–water partition coefficient (Wildman–Crippen LogP) is 2.64. The molecule has 0 aliphatic rings. The molecule has 3 aromatic rings. The molecule has 0 aliphatic heterocycles. The number of hydrogen-bond acceptors (Lipinski definition) is 6. The van der Waals surface area contributed by atoms with Crippen LogP contribution < -0.4 is 32.7 Å². The lowest BCUT2D eigenvalue weighted by Gasteiger charge is -2.26. The Morgan fingerprint density at radius 2 is 1.46 bits per heavy atom. The summed E-state index contributed by atoms with van der Waals surface area (Å²) in [6.45, 7) is 9.77. The number of nitrogens with zero attached hydrogens (tertiary/aromatic N) is 1. The van der Waals surface area contributed by atoms with E-state index in [1.807, 2.05) is 68.4 Å². The van der Waals surface area contributed by atoms with Crippen molar-refractivity contribution in [2.75, 3.05) is 13.1 Å². The van der Waals surface area contributed by atoms with E-state index < -0.39 is 41.6 Å². The number of alkyl carbamates (subject to hydrolysis) is 1. The van der Waals surface area contributed by atoms with E-state index in [1.54, 1.807) is 27.0 Å². The van der Waals surface area contributed by atoms with Crippen molar-refractivity contribution >= 4 is 40.7 Å². The van der Waals surface area contributed by atoms with E-state index in [9.17, 15) is 19.2 Å². The standard InChI is InChI=1S/C35H50N8O5/c1-22(2)20-40-30(44)28(18-23-12-7-6-8-13-23)41-32(46)29(19-24-21-39-26-15-10-9-14-25(24)26)42-31(45)27(16-11-17-38-33(36)37)43-34(47)48-35(3,4)5/h6-10,12-15,21-22,27-29,39H,11,16-20H2,1-5H3,(H,40,44)(H,41,46)(H,42,45)(H,43,47)(H4,36,37,38)/t27-,28-,29-/m0/s1. The fourth-order valence-electron chi connectivity index (χ4n) is 4.98. The van der Waals surface area contributed by atoms with Crippen LogP contribution in [0.15, 0.2) is 65.8 Å². The second-order valence-corrected chi connectivity index (χ2v) is 13.2. The van der Waals surface area contributed by atoms with Crippen molar-refractivity contribution in [2.24, 2.45) is 22.4 Å². The number of aliphatic imine (C=N–C) groups is 1. The van der Waals surface area contributed by atoms with Crippen LogP contribution >= 0.6 is 0 Å². The van der Waals surface area contributed by atoms with Crippen molar-refractivity contribution in [3.63, 3.8) is 0 Å². The van der Waals surface area contributed by atoms with E-state index in [0.29, 0.717) is 13.0 Å². The number of guanidine groups is 1. The number of hydrogen-bond donors (Lipinski definition) is 7. The molecule has 0 saturated carbocycles. The average Bonchev–Trinajstić information content (AvgIpc) is 3.42. The van der Waals surface area contributed by atoms with Crippen LogP contribution in [-0.4, -0.2) is 71.6 Å². The first-order valence-electron chi connectivity index (χ1n) is 16.2. The predicted molar refractivity (Wildman–Crippen MR) is 187 cm³/mol. The Kier molecular flexibility index (Phi) is 13.8. The molecule has 9 N–H and O–H groups in total. The lowest BCUT2D eigenvalue weighted by molar-refractivity contribution is -0.132. The van der Waals surface area contributed by atoms with Crippen LogP contribution in [-0.2, 0) is 32.0 Å². The highest BCUT2D eigenvalue weighted by Crippen LogP contribution is 2.20. The summed E-state index contributed by atoms with van der Waals surface area (Å²) in [6, 6.07) is 13.9. The van der Waals surface area contributed by atoms with Crippen molar-refractivity contribution in [3.05, 3.63) is 71.9 Å². The summed E-state index contributed by atoms with van der Waals surface area (Å²) < 4.78 is 5.40. The summed E-state index contributed by atoms with van der Waals surface area (Å²) in [5.74, 6) is -1.37. The van der Waals surface area contributed by atoms with E-state index in [-0.39, 0.29) is 43.6 Å². The Morgan fingerprint density at radius 1 is 0.833 bits per heavy atom. The summed E-state index contributed by atoms with van der Waals surface area (Å²) in [7, 11) is 0. The Bertz CT molecular complexity index is 1540. The van der Waals surface area contributed by atoms with Gasteiger partial charge < -0.3 is 42.5 Å². The molecule has 260 valence electrons. The summed E-state index contributed by atoms with van der Waals surface area (Å²) in [5.41, 5.74) is 12.6. The number of aromatic nitrogens is 1. The molecular weight excluding hydrogens is 612 g/mol. The minimum absolute atomic E-state index is 0.0888. The Balaban J connectivity index is 1.90. The first-order valence-corrected chi connectivity index (χ1v) is 16.2. The number of amides is 4. The second kappa shape index (κ2) is 17.7. The quantitative estimate of drug-likeness (QED) is 0.0693. The van der Waals surface area contributed by atoms with Gasteiger partial charge in [0.2, 0.25) is 17.7 Å². The fourth-order valence-corrected chi connectivity index (χ4v) is 4.98. The second-order valence-electron chi connectivity index (χ2n) is 13.2. The van der Waals surface area contributed by atoms with Crippen LogP contribution in [0.4, 0.5) is 4.79 Å². The number of nitrogens with one attached hydrogen (secondary N) is 5. The van der Waals surface area contributed by atoms with E-state index >= 15 is 0 Å².